The number of sulfone groups is 1. The highest BCUT2D eigenvalue weighted by molar-refractivity contribution is 8.77. The highest BCUT2D eigenvalue weighted by Crippen LogP contribution is 2.40. The van der Waals surface area contributed by atoms with Crippen molar-refractivity contribution in [1.82, 2.24) is 10.2 Å². The molecule has 6 rings (SSSR count). The molecule has 3 atom stereocenters. The second-order valence-electron chi connectivity index (χ2n) is 14.5. The molecule has 0 bridgehead atoms. The van der Waals surface area contributed by atoms with Gasteiger partial charge < -0.3 is 33.6 Å². The first-order chi connectivity index (χ1) is 29.2. The molecule has 0 aliphatic carbocycles. The normalized spacial score (nSPS) is 16.0. The van der Waals surface area contributed by atoms with Gasteiger partial charge in [-0.25, -0.2) is 18.0 Å². The van der Waals surface area contributed by atoms with E-state index in [9.17, 15) is 32.4 Å². The van der Waals surface area contributed by atoms with Crippen LogP contribution in [-0.2, 0) is 57.8 Å². The number of benzene rings is 3. The van der Waals surface area contributed by atoms with Gasteiger partial charge in [0.1, 0.15) is 24.8 Å². The van der Waals surface area contributed by atoms with Crippen LogP contribution in [-0.4, -0.2) is 92.6 Å². The Morgan fingerprint density at radius 2 is 1.80 bits per heavy atom. The number of furan rings is 1. The zero-order valence-corrected chi connectivity index (χ0v) is 37.3. The third-order valence-corrected chi connectivity index (χ3v) is 14.8. The molecule has 3 aromatic carbocycles. The summed E-state index contributed by atoms with van der Waals surface area (Å²) in [4.78, 5) is 67.1. The average Bonchev–Trinajstić information content (AvgIpc) is 3.92. The summed E-state index contributed by atoms with van der Waals surface area (Å²) in [7, 11) is 0.149. The minimum absolute atomic E-state index is 0.0128. The standard InChI is InChI=1S/C42H44Cl2N2O12S3/c1-25(58-42(51)56-18-17-55-36(47)9-4-3-7-30-14-19-59-60-30)57-41(50)34(21-26-6-5-8-31(20-26)61(2,52)53)45-39(48)37-33(43)22-29-24-46(15-12-32(29)38(37)44)40(49)28-11-10-27-13-16-54-35(27)23-28/h5-6,8,10-11,13,16,20,22-23,25,30,34H,3-4,7,9,12,14-15,17-19,21,24H2,1-2H3,(H,45,48)/t25?,30-,34?/m1/s1. The predicted molar refractivity (Wildman–Crippen MR) is 231 cm³/mol. The number of nitrogens with zero attached hydrogens (tertiary/aromatic N) is 1. The van der Waals surface area contributed by atoms with Gasteiger partial charge in [0.05, 0.1) is 26.8 Å². The van der Waals surface area contributed by atoms with E-state index in [0.29, 0.717) is 52.5 Å². The highest BCUT2D eigenvalue weighted by atomic mass is 35.5. The Morgan fingerprint density at radius 3 is 2.57 bits per heavy atom. The predicted octanol–water partition coefficient (Wildman–Crippen LogP) is 7.98. The van der Waals surface area contributed by atoms with E-state index in [1.54, 1.807) is 47.6 Å². The summed E-state index contributed by atoms with van der Waals surface area (Å²) in [6, 6.07) is 12.9. The monoisotopic (exact) mass is 934 g/mol. The van der Waals surface area contributed by atoms with Crippen molar-refractivity contribution in [3.63, 3.8) is 0 Å². The van der Waals surface area contributed by atoms with Crippen LogP contribution in [0.3, 0.4) is 0 Å². The third kappa shape index (κ3) is 12.6. The molecule has 61 heavy (non-hydrogen) atoms. The molecule has 0 radical (unpaired) electrons. The van der Waals surface area contributed by atoms with E-state index >= 15 is 0 Å². The molecule has 1 fully saturated rings. The minimum Gasteiger partial charge on any atom is -0.464 e. The van der Waals surface area contributed by atoms with E-state index in [-0.39, 0.29) is 59.0 Å². The number of unbranched alkanes of at least 4 members (excludes halogenated alkanes) is 1. The summed E-state index contributed by atoms with van der Waals surface area (Å²) in [6.07, 6.45) is 4.08. The van der Waals surface area contributed by atoms with Gasteiger partial charge in [-0.05, 0) is 78.8 Å². The quantitative estimate of drug-likeness (QED) is 0.0353. The molecule has 0 saturated carbocycles. The zero-order valence-electron chi connectivity index (χ0n) is 33.3. The molecule has 2 aliphatic heterocycles. The molecule has 3 heterocycles. The Morgan fingerprint density at radius 1 is 1.00 bits per heavy atom. The summed E-state index contributed by atoms with van der Waals surface area (Å²) in [5.41, 5.74) is 2.51. The van der Waals surface area contributed by atoms with Gasteiger partial charge in [0.15, 0.2) is 9.84 Å². The molecular formula is C42H44Cl2N2O12S3. The van der Waals surface area contributed by atoms with Gasteiger partial charge in [-0.3, -0.25) is 14.4 Å². The van der Waals surface area contributed by atoms with E-state index in [4.69, 9.17) is 46.6 Å². The van der Waals surface area contributed by atoms with E-state index in [0.717, 1.165) is 30.2 Å². The number of hydrogen-bond donors (Lipinski definition) is 1. The highest BCUT2D eigenvalue weighted by Gasteiger charge is 2.32. The first-order valence-corrected chi connectivity index (χ1v) is 24.5. The molecule has 2 aliphatic rings. The molecule has 1 aromatic heterocycles. The Bertz CT molecular complexity index is 2390. The first-order valence-electron chi connectivity index (χ1n) is 19.5. The van der Waals surface area contributed by atoms with Gasteiger partial charge in [0.25, 0.3) is 11.8 Å². The number of esters is 2. The number of carbonyl (C=O) groups excluding carboxylic acids is 5. The fraction of sp³-hybridized carbons (Fsp3) is 0.405. The van der Waals surface area contributed by atoms with E-state index < -0.39 is 46.2 Å². The number of nitrogens with one attached hydrogen (secondary N) is 1. The lowest BCUT2D eigenvalue weighted by molar-refractivity contribution is -0.170. The third-order valence-electron chi connectivity index (χ3n) is 9.97. The zero-order chi connectivity index (χ0) is 43.7. The Hall–Kier alpha value is -4.42. The Labute approximate surface area is 370 Å². The summed E-state index contributed by atoms with van der Waals surface area (Å²) in [5.74, 6) is -1.34. The summed E-state index contributed by atoms with van der Waals surface area (Å²) < 4.78 is 50.6. The van der Waals surface area contributed by atoms with Crippen molar-refractivity contribution >= 4 is 95.5 Å². The number of rotatable bonds is 17. The van der Waals surface area contributed by atoms with Gasteiger partial charge >= 0.3 is 18.1 Å². The van der Waals surface area contributed by atoms with Crippen LogP contribution in [0.1, 0.15) is 76.4 Å². The number of hydrogen-bond acceptors (Lipinski definition) is 14. The van der Waals surface area contributed by atoms with Crippen molar-refractivity contribution < 1.29 is 55.8 Å². The molecule has 14 nitrogen and oxygen atoms in total. The number of halogens is 2. The smallest absolute Gasteiger partial charge is 0.464 e. The summed E-state index contributed by atoms with van der Waals surface area (Å²) in [6.45, 7) is 1.23. The fourth-order valence-corrected chi connectivity index (χ4v) is 11.3. The molecule has 326 valence electrons. The second-order valence-corrected chi connectivity index (χ2v) is 20.1. The van der Waals surface area contributed by atoms with Crippen LogP contribution >= 0.6 is 44.8 Å². The molecule has 1 N–H and O–H groups in total. The van der Waals surface area contributed by atoms with Gasteiger partial charge in [-0.15, -0.1) is 0 Å². The summed E-state index contributed by atoms with van der Waals surface area (Å²) in [5, 5.41) is 4.11. The molecule has 2 unspecified atom stereocenters. The van der Waals surface area contributed by atoms with Crippen LogP contribution in [0.15, 0.2) is 70.2 Å². The summed E-state index contributed by atoms with van der Waals surface area (Å²) >= 11 is 13.5. The maximum Gasteiger partial charge on any atom is 0.511 e. The lowest BCUT2D eigenvalue weighted by atomic mass is 9.95. The molecule has 2 amide bonds. The van der Waals surface area contributed by atoms with Crippen LogP contribution in [0.25, 0.3) is 11.0 Å². The van der Waals surface area contributed by atoms with Crippen molar-refractivity contribution in [1.29, 1.82) is 0 Å². The maximum atomic E-state index is 13.9. The molecule has 19 heteroatoms. The first kappa shape index (κ1) is 46.1. The maximum absolute atomic E-state index is 13.9. The topological polar surface area (TPSA) is 185 Å². The largest absolute Gasteiger partial charge is 0.511 e. The lowest BCUT2D eigenvalue weighted by Crippen LogP contribution is -2.45. The average molecular weight is 936 g/mol. The van der Waals surface area contributed by atoms with Crippen LogP contribution in [0.4, 0.5) is 4.79 Å². The number of carbonyl (C=O) groups is 5. The Kier molecular flexibility index (Phi) is 15.9. The van der Waals surface area contributed by atoms with Crippen LogP contribution < -0.4 is 5.32 Å². The molecule has 1 saturated heterocycles. The fourth-order valence-electron chi connectivity index (χ4n) is 6.86. The van der Waals surface area contributed by atoms with E-state index in [1.165, 1.54) is 31.5 Å². The second kappa shape index (κ2) is 21.1. The number of amides is 2. The molecule has 4 aromatic rings. The van der Waals surface area contributed by atoms with E-state index in [1.807, 2.05) is 21.6 Å². The van der Waals surface area contributed by atoms with Gasteiger partial charge in [0.2, 0.25) is 6.29 Å². The van der Waals surface area contributed by atoms with Crippen LogP contribution in [0.2, 0.25) is 10.0 Å². The van der Waals surface area contributed by atoms with Crippen molar-refractivity contribution in [3.8, 4) is 0 Å². The molecular weight excluding hydrogens is 892 g/mol. The lowest BCUT2D eigenvalue weighted by Gasteiger charge is -2.30. The van der Waals surface area contributed by atoms with Crippen molar-refractivity contribution in [2.75, 3.05) is 31.8 Å². The van der Waals surface area contributed by atoms with Crippen molar-refractivity contribution in [3.05, 3.63) is 98.7 Å². The van der Waals surface area contributed by atoms with Crippen molar-refractivity contribution in [2.24, 2.45) is 0 Å². The van der Waals surface area contributed by atoms with Gasteiger partial charge in [0, 0.05) is 61.1 Å². The minimum atomic E-state index is -3.62. The van der Waals surface area contributed by atoms with Crippen molar-refractivity contribution in [2.45, 2.75) is 80.9 Å². The Balaban J connectivity index is 1.06. The van der Waals surface area contributed by atoms with Crippen LogP contribution in [0.5, 0.6) is 0 Å². The van der Waals surface area contributed by atoms with Gasteiger partial charge in [-0.1, -0.05) is 69.4 Å². The van der Waals surface area contributed by atoms with Crippen LogP contribution in [0, 0.1) is 0 Å². The number of ether oxygens (including phenoxy) is 4. The molecule has 0 spiro atoms. The van der Waals surface area contributed by atoms with E-state index in [2.05, 4.69) is 5.32 Å². The number of fused-ring (bicyclic) bond motifs is 2. The SMILES string of the molecule is CC(OC(=O)OCCOC(=O)CCCC[C@@H]1CCSS1)OC(=O)C(Cc1cccc(S(C)(=O)=O)c1)NC(=O)c1c(Cl)cc2c(c1Cl)CCN(C(=O)c1ccc3ccoc3c1)C2. The van der Waals surface area contributed by atoms with Gasteiger partial charge in [-0.2, -0.15) is 0 Å².